The number of allylic oxidation sites excluding steroid dienone is 2. The Kier molecular flexibility index (Phi) is 2.41. The molecule has 1 heterocycles. The molecule has 2 amide bonds. The van der Waals surface area contributed by atoms with Gasteiger partial charge in [0.05, 0.1) is 11.1 Å². The second-order valence-corrected chi connectivity index (χ2v) is 4.76. The van der Waals surface area contributed by atoms with Gasteiger partial charge in [0.15, 0.2) is 0 Å². The van der Waals surface area contributed by atoms with Crippen LogP contribution in [0.3, 0.4) is 0 Å². The van der Waals surface area contributed by atoms with Gasteiger partial charge in [0, 0.05) is 24.6 Å². The number of Topliss-reactive ketones (excluding diaryl/α,β-unsaturated/α-hetero) is 1. The quantitative estimate of drug-likeness (QED) is 0.689. The van der Waals surface area contributed by atoms with Crippen LogP contribution in [0.15, 0.2) is 23.0 Å². The van der Waals surface area contributed by atoms with Crippen molar-refractivity contribution in [3.05, 3.63) is 23.0 Å². The number of carbonyl (C=O) groups excluding carboxylic acids is 3. The summed E-state index contributed by atoms with van der Waals surface area (Å²) in [7, 11) is 0. The van der Waals surface area contributed by atoms with E-state index in [1.54, 1.807) is 19.9 Å². The Morgan fingerprint density at radius 3 is 2.65 bits per heavy atom. The zero-order valence-corrected chi connectivity index (χ0v) is 10.0. The van der Waals surface area contributed by atoms with Crippen LogP contribution in [0.25, 0.3) is 0 Å². The molecule has 90 valence electrons. The van der Waals surface area contributed by atoms with Crippen molar-refractivity contribution in [2.45, 2.75) is 27.2 Å². The highest BCUT2D eigenvalue weighted by molar-refractivity contribution is 6.17. The van der Waals surface area contributed by atoms with Gasteiger partial charge >= 0.3 is 0 Å². The Morgan fingerprint density at radius 2 is 2.06 bits per heavy atom. The molecule has 0 spiro atoms. The molecule has 0 saturated heterocycles. The Hall–Kier alpha value is -1.91. The highest BCUT2D eigenvalue weighted by atomic mass is 16.2. The van der Waals surface area contributed by atoms with Crippen LogP contribution in [0.2, 0.25) is 0 Å². The summed E-state index contributed by atoms with van der Waals surface area (Å²) in [6, 6.07) is 0. The van der Waals surface area contributed by atoms with Gasteiger partial charge in [0.2, 0.25) is 17.6 Å². The molecule has 0 saturated carbocycles. The Bertz CT molecular complexity index is 498. The van der Waals surface area contributed by atoms with E-state index in [-0.39, 0.29) is 23.3 Å². The van der Waals surface area contributed by atoms with E-state index in [1.165, 1.54) is 6.92 Å². The van der Waals surface area contributed by atoms with E-state index >= 15 is 0 Å². The molecule has 2 aliphatic rings. The maximum absolute atomic E-state index is 12.2. The number of nitrogens with one attached hydrogen (secondary N) is 2. The van der Waals surface area contributed by atoms with E-state index in [1.807, 2.05) is 0 Å². The van der Waals surface area contributed by atoms with Crippen molar-refractivity contribution in [1.29, 1.82) is 0 Å². The number of amides is 2. The van der Waals surface area contributed by atoms with E-state index in [4.69, 9.17) is 0 Å². The Morgan fingerprint density at radius 1 is 1.41 bits per heavy atom. The number of carbonyl (C=O) groups is 3. The van der Waals surface area contributed by atoms with E-state index < -0.39 is 5.41 Å². The SMILES string of the molecule is CC(=O)NC1=CCC2=C(C1=O)C(C)(C)C(=O)N2. The second-order valence-electron chi connectivity index (χ2n) is 4.76. The van der Waals surface area contributed by atoms with Crippen molar-refractivity contribution in [1.82, 2.24) is 10.6 Å². The van der Waals surface area contributed by atoms with Gasteiger partial charge in [-0.15, -0.1) is 0 Å². The largest absolute Gasteiger partial charge is 0.328 e. The summed E-state index contributed by atoms with van der Waals surface area (Å²) < 4.78 is 0. The maximum atomic E-state index is 12.2. The lowest BCUT2D eigenvalue weighted by Gasteiger charge is -2.21. The van der Waals surface area contributed by atoms with Crippen LogP contribution in [0, 0.1) is 5.41 Å². The lowest BCUT2D eigenvalue weighted by Crippen LogP contribution is -2.33. The summed E-state index contributed by atoms with van der Waals surface area (Å²) in [5.41, 5.74) is 0.554. The van der Waals surface area contributed by atoms with Crippen LogP contribution in [-0.4, -0.2) is 17.6 Å². The van der Waals surface area contributed by atoms with Gasteiger partial charge in [-0.1, -0.05) is 6.08 Å². The molecule has 2 N–H and O–H groups in total. The summed E-state index contributed by atoms with van der Waals surface area (Å²) >= 11 is 0. The number of rotatable bonds is 1. The predicted octanol–water partition coefficient (Wildman–Crippen LogP) is 0.389. The summed E-state index contributed by atoms with van der Waals surface area (Å²) in [6.45, 7) is 4.76. The molecule has 5 heteroatoms. The first-order valence-corrected chi connectivity index (χ1v) is 5.41. The van der Waals surface area contributed by atoms with Crippen molar-refractivity contribution in [3.63, 3.8) is 0 Å². The lowest BCUT2D eigenvalue weighted by atomic mass is 9.80. The van der Waals surface area contributed by atoms with E-state index in [0.717, 1.165) is 0 Å². The minimum Gasteiger partial charge on any atom is -0.328 e. The highest BCUT2D eigenvalue weighted by Crippen LogP contribution is 2.39. The lowest BCUT2D eigenvalue weighted by molar-refractivity contribution is -0.127. The molecule has 0 aromatic carbocycles. The highest BCUT2D eigenvalue weighted by Gasteiger charge is 2.45. The fourth-order valence-electron chi connectivity index (χ4n) is 2.15. The van der Waals surface area contributed by atoms with Crippen LogP contribution < -0.4 is 10.6 Å². The predicted molar refractivity (Wildman–Crippen MR) is 60.5 cm³/mol. The van der Waals surface area contributed by atoms with Gasteiger partial charge in [-0.2, -0.15) is 0 Å². The molecule has 1 aliphatic heterocycles. The zero-order chi connectivity index (χ0) is 12.8. The van der Waals surface area contributed by atoms with E-state index in [2.05, 4.69) is 10.6 Å². The summed E-state index contributed by atoms with van der Waals surface area (Å²) in [4.78, 5) is 34.9. The van der Waals surface area contributed by atoms with Crippen molar-refractivity contribution in [2.24, 2.45) is 5.41 Å². The summed E-state index contributed by atoms with van der Waals surface area (Å²) in [5, 5.41) is 5.21. The molecule has 5 nitrogen and oxygen atoms in total. The van der Waals surface area contributed by atoms with E-state index in [9.17, 15) is 14.4 Å². The molecule has 0 bridgehead atoms. The van der Waals surface area contributed by atoms with Crippen molar-refractivity contribution < 1.29 is 14.4 Å². The molecule has 1 aliphatic carbocycles. The molecule has 17 heavy (non-hydrogen) atoms. The van der Waals surface area contributed by atoms with Crippen LogP contribution in [0.5, 0.6) is 0 Å². The first kappa shape index (κ1) is 11.6. The Balaban J connectivity index is 2.35. The summed E-state index contributed by atoms with van der Waals surface area (Å²) in [6.07, 6.45) is 2.09. The smallest absolute Gasteiger partial charge is 0.234 e. The second kappa shape index (κ2) is 3.55. The molecule has 0 unspecified atom stereocenters. The van der Waals surface area contributed by atoms with Gasteiger partial charge in [0.1, 0.15) is 0 Å². The minimum absolute atomic E-state index is 0.173. The Labute approximate surface area is 98.9 Å². The molecule has 0 aromatic rings. The third-order valence-corrected chi connectivity index (χ3v) is 3.05. The average Bonchev–Trinajstić information content (AvgIpc) is 2.43. The van der Waals surface area contributed by atoms with Gasteiger partial charge < -0.3 is 10.6 Å². The monoisotopic (exact) mass is 234 g/mol. The molecule has 0 atom stereocenters. The van der Waals surface area contributed by atoms with Crippen molar-refractivity contribution in [3.8, 4) is 0 Å². The standard InChI is InChI=1S/C12H14N2O3/c1-6(15)13-8-5-4-7-9(10(8)16)12(2,3)11(17)14-7/h5H,4H2,1-3H3,(H,13,15)(H,14,17). The summed E-state index contributed by atoms with van der Waals surface area (Å²) in [5.74, 6) is -0.734. The third-order valence-electron chi connectivity index (χ3n) is 3.05. The average molecular weight is 234 g/mol. The maximum Gasteiger partial charge on any atom is 0.234 e. The molecule has 0 aromatic heterocycles. The van der Waals surface area contributed by atoms with Gasteiger partial charge in [-0.05, 0) is 13.8 Å². The number of hydrogen-bond donors (Lipinski definition) is 2. The van der Waals surface area contributed by atoms with Crippen LogP contribution in [0.4, 0.5) is 0 Å². The van der Waals surface area contributed by atoms with Gasteiger partial charge in [-0.25, -0.2) is 0 Å². The molecular formula is C12H14N2O3. The van der Waals surface area contributed by atoms with Gasteiger partial charge in [0.25, 0.3) is 0 Å². The molecule has 0 radical (unpaired) electrons. The van der Waals surface area contributed by atoms with Crippen LogP contribution in [0.1, 0.15) is 27.2 Å². The van der Waals surface area contributed by atoms with Crippen LogP contribution in [-0.2, 0) is 14.4 Å². The normalized spacial score (nSPS) is 21.9. The first-order valence-electron chi connectivity index (χ1n) is 5.41. The third kappa shape index (κ3) is 1.67. The van der Waals surface area contributed by atoms with Crippen molar-refractivity contribution in [2.75, 3.05) is 0 Å². The molecule has 2 rings (SSSR count). The fraction of sp³-hybridized carbons (Fsp3) is 0.417. The first-order chi connectivity index (χ1) is 7.84. The van der Waals surface area contributed by atoms with Gasteiger partial charge in [-0.3, -0.25) is 14.4 Å². The fourth-order valence-corrected chi connectivity index (χ4v) is 2.15. The number of ketones is 1. The topological polar surface area (TPSA) is 75.3 Å². The van der Waals surface area contributed by atoms with Crippen LogP contribution >= 0.6 is 0 Å². The zero-order valence-electron chi connectivity index (χ0n) is 10.0. The van der Waals surface area contributed by atoms with E-state index in [0.29, 0.717) is 17.7 Å². The van der Waals surface area contributed by atoms with Crippen molar-refractivity contribution >= 4 is 17.6 Å². The minimum atomic E-state index is -0.829. The number of hydrogen-bond acceptors (Lipinski definition) is 3. The molecular weight excluding hydrogens is 220 g/mol. The molecule has 0 fully saturated rings.